The standard InChI is InChI=1S/C28H34N4O2S/c33-28(32-15-13-31(14-16-32)25-7-3-1-4-8-25)18-22-11-12-29-20-23(22)17-24-19-26(34-30-24)21-35-27-9-5-2-6-10-27/h1-10,19,22-23,29H,11-18,20-21H2. The number of carbonyl (C=O) groups excluding carboxylic acids is 1. The van der Waals surface area contributed by atoms with Gasteiger partial charge in [-0.2, -0.15) is 0 Å². The summed E-state index contributed by atoms with van der Waals surface area (Å²) in [6, 6.07) is 22.9. The van der Waals surface area contributed by atoms with Crippen LogP contribution in [0.15, 0.2) is 76.1 Å². The molecule has 2 aromatic carbocycles. The molecular formula is C28H34N4O2S. The van der Waals surface area contributed by atoms with Gasteiger partial charge in [-0.05, 0) is 62.0 Å². The molecule has 0 spiro atoms. The summed E-state index contributed by atoms with van der Waals surface area (Å²) in [6.07, 6.45) is 2.52. The minimum atomic E-state index is 0.301. The number of anilines is 1. The minimum Gasteiger partial charge on any atom is -0.368 e. The van der Waals surface area contributed by atoms with Gasteiger partial charge in [-0.3, -0.25) is 4.79 Å². The quantitative estimate of drug-likeness (QED) is 0.470. The number of nitrogens with one attached hydrogen (secondary N) is 1. The van der Waals surface area contributed by atoms with E-state index in [2.05, 4.69) is 74.9 Å². The number of rotatable bonds is 8. The van der Waals surface area contributed by atoms with Crippen LogP contribution < -0.4 is 10.2 Å². The molecule has 1 N–H and O–H groups in total. The van der Waals surface area contributed by atoms with Gasteiger partial charge in [0.05, 0.1) is 11.4 Å². The third kappa shape index (κ3) is 6.47. The molecule has 2 aliphatic rings. The van der Waals surface area contributed by atoms with Crippen LogP contribution in [0.5, 0.6) is 0 Å². The zero-order valence-corrected chi connectivity index (χ0v) is 21.0. The summed E-state index contributed by atoms with van der Waals surface area (Å²) in [5.74, 6) is 2.76. The molecule has 2 saturated heterocycles. The molecule has 2 fully saturated rings. The first-order valence-electron chi connectivity index (χ1n) is 12.7. The van der Waals surface area contributed by atoms with Crippen LogP contribution in [-0.4, -0.2) is 55.2 Å². The maximum absolute atomic E-state index is 13.2. The van der Waals surface area contributed by atoms with Crippen LogP contribution in [0.1, 0.15) is 24.3 Å². The zero-order chi connectivity index (χ0) is 23.9. The maximum atomic E-state index is 13.2. The van der Waals surface area contributed by atoms with Crippen LogP contribution in [0.3, 0.4) is 0 Å². The summed E-state index contributed by atoms with van der Waals surface area (Å²) in [4.78, 5) is 18.8. The predicted octanol–water partition coefficient (Wildman–Crippen LogP) is 4.47. The molecular weight excluding hydrogens is 456 g/mol. The van der Waals surface area contributed by atoms with E-state index in [1.165, 1.54) is 10.6 Å². The highest BCUT2D eigenvalue weighted by Gasteiger charge is 2.30. The fourth-order valence-corrected chi connectivity index (χ4v) is 5.95. The van der Waals surface area contributed by atoms with E-state index in [9.17, 15) is 4.79 Å². The van der Waals surface area contributed by atoms with Crippen LogP contribution in [0.2, 0.25) is 0 Å². The number of aromatic nitrogens is 1. The lowest BCUT2D eigenvalue weighted by molar-refractivity contribution is -0.133. The van der Waals surface area contributed by atoms with Crippen molar-refractivity contribution in [2.75, 3.05) is 44.2 Å². The number of carbonyl (C=O) groups is 1. The van der Waals surface area contributed by atoms with Gasteiger partial charge in [0.25, 0.3) is 0 Å². The lowest BCUT2D eigenvalue weighted by atomic mass is 9.81. The summed E-state index contributed by atoms with van der Waals surface area (Å²) in [6.45, 7) is 5.31. The molecule has 3 heterocycles. The first kappa shape index (κ1) is 23.9. The van der Waals surface area contributed by atoms with Gasteiger partial charge in [0, 0.05) is 49.2 Å². The number of hydrogen-bond acceptors (Lipinski definition) is 6. The Morgan fingerprint density at radius 2 is 1.74 bits per heavy atom. The van der Waals surface area contributed by atoms with Crippen molar-refractivity contribution in [2.45, 2.75) is 29.9 Å². The van der Waals surface area contributed by atoms with Crippen LogP contribution in [0.4, 0.5) is 5.69 Å². The van der Waals surface area contributed by atoms with Crippen molar-refractivity contribution >= 4 is 23.4 Å². The van der Waals surface area contributed by atoms with Gasteiger partial charge >= 0.3 is 0 Å². The highest BCUT2D eigenvalue weighted by Crippen LogP contribution is 2.29. The maximum Gasteiger partial charge on any atom is 0.222 e. The second-order valence-corrected chi connectivity index (χ2v) is 10.6. The van der Waals surface area contributed by atoms with E-state index >= 15 is 0 Å². The fraction of sp³-hybridized carbons (Fsp3) is 0.429. The van der Waals surface area contributed by atoms with Crippen molar-refractivity contribution in [1.82, 2.24) is 15.4 Å². The normalized spacial score (nSPS) is 20.7. The SMILES string of the molecule is O=C(CC1CCNCC1Cc1cc(CSc2ccccc2)on1)N1CCN(c2ccccc2)CC1. The van der Waals surface area contributed by atoms with E-state index in [1.54, 1.807) is 11.8 Å². The van der Waals surface area contributed by atoms with Crippen molar-refractivity contribution in [2.24, 2.45) is 11.8 Å². The van der Waals surface area contributed by atoms with E-state index in [4.69, 9.17) is 4.52 Å². The Morgan fingerprint density at radius 1 is 1.00 bits per heavy atom. The molecule has 184 valence electrons. The molecule has 2 aliphatic heterocycles. The van der Waals surface area contributed by atoms with E-state index < -0.39 is 0 Å². The van der Waals surface area contributed by atoms with Gasteiger partial charge in [0.2, 0.25) is 5.91 Å². The van der Waals surface area contributed by atoms with Crippen molar-refractivity contribution in [3.05, 3.63) is 78.2 Å². The van der Waals surface area contributed by atoms with Gasteiger partial charge in [-0.1, -0.05) is 41.6 Å². The van der Waals surface area contributed by atoms with E-state index in [-0.39, 0.29) is 0 Å². The van der Waals surface area contributed by atoms with Crippen molar-refractivity contribution < 1.29 is 9.32 Å². The van der Waals surface area contributed by atoms with Crippen LogP contribution in [-0.2, 0) is 17.0 Å². The molecule has 1 amide bonds. The summed E-state index contributed by atoms with van der Waals surface area (Å²) in [7, 11) is 0. The molecule has 3 aromatic rings. The van der Waals surface area contributed by atoms with E-state index in [0.717, 1.165) is 69.3 Å². The third-order valence-corrected chi connectivity index (χ3v) is 8.19. The van der Waals surface area contributed by atoms with Crippen molar-refractivity contribution in [3.8, 4) is 0 Å². The Bertz CT molecular complexity index is 1070. The molecule has 0 saturated carbocycles. The van der Waals surface area contributed by atoms with E-state index in [1.807, 2.05) is 12.1 Å². The number of nitrogens with zero attached hydrogens (tertiary/aromatic N) is 3. The van der Waals surface area contributed by atoms with Gasteiger partial charge in [0.1, 0.15) is 5.76 Å². The Balaban J connectivity index is 1.12. The molecule has 2 atom stereocenters. The summed E-state index contributed by atoms with van der Waals surface area (Å²) in [5, 5.41) is 7.87. The molecule has 0 bridgehead atoms. The molecule has 0 aliphatic carbocycles. The zero-order valence-electron chi connectivity index (χ0n) is 20.1. The Kier molecular flexibility index (Phi) is 8.06. The van der Waals surface area contributed by atoms with E-state index in [0.29, 0.717) is 24.2 Å². The lowest BCUT2D eigenvalue weighted by Crippen LogP contribution is -2.50. The first-order chi connectivity index (χ1) is 17.2. The Hall–Kier alpha value is -2.77. The summed E-state index contributed by atoms with van der Waals surface area (Å²) >= 11 is 1.76. The minimum absolute atomic E-state index is 0.301. The van der Waals surface area contributed by atoms with Crippen LogP contribution >= 0.6 is 11.8 Å². The summed E-state index contributed by atoms with van der Waals surface area (Å²) in [5.41, 5.74) is 2.24. The average molecular weight is 491 g/mol. The molecule has 2 unspecified atom stereocenters. The van der Waals surface area contributed by atoms with Crippen molar-refractivity contribution in [3.63, 3.8) is 0 Å². The highest BCUT2D eigenvalue weighted by atomic mass is 32.2. The van der Waals surface area contributed by atoms with Crippen LogP contribution in [0.25, 0.3) is 0 Å². The monoisotopic (exact) mass is 490 g/mol. The smallest absolute Gasteiger partial charge is 0.222 e. The topological polar surface area (TPSA) is 61.6 Å². The second kappa shape index (κ2) is 11.8. The van der Waals surface area contributed by atoms with Crippen molar-refractivity contribution in [1.29, 1.82) is 0 Å². The highest BCUT2D eigenvalue weighted by molar-refractivity contribution is 7.98. The Labute approximate surface area is 212 Å². The molecule has 35 heavy (non-hydrogen) atoms. The molecule has 7 heteroatoms. The number of piperazine rings is 1. The number of benzene rings is 2. The number of piperidine rings is 1. The van der Waals surface area contributed by atoms with Gasteiger partial charge in [-0.25, -0.2) is 0 Å². The predicted molar refractivity (Wildman–Crippen MR) is 141 cm³/mol. The fourth-order valence-electron chi connectivity index (χ4n) is 5.15. The summed E-state index contributed by atoms with van der Waals surface area (Å²) < 4.78 is 5.61. The number of amides is 1. The number of thioether (sulfide) groups is 1. The van der Waals surface area contributed by atoms with Gasteiger partial charge in [-0.15, -0.1) is 11.8 Å². The van der Waals surface area contributed by atoms with Crippen LogP contribution in [0, 0.1) is 11.8 Å². The lowest BCUT2D eigenvalue weighted by Gasteiger charge is -2.38. The van der Waals surface area contributed by atoms with Gasteiger partial charge < -0.3 is 19.6 Å². The second-order valence-electron chi connectivity index (χ2n) is 9.51. The largest absolute Gasteiger partial charge is 0.368 e. The average Bonchev–Trinajstić information content (AvgIpc) is 3.37. The Morgan fingerprint density at radius 3 is 2.51 bits per heavy atom. The number of para-hydroxylation sites is 1. The molecule has 0 radical (unpaired) electrons. The molecule has 1 aromatic heterocycles. The first-order valence-corrected chi connectivity index (χ1v) is 13.6. The van der Waals surface area contributed by atoms with Gasteiger partial charge in [0.15, 0.2) is 0 Å². The third-order valence-electron chi connectivity index (χ3n) is 7.16. The molecule has 6 nitrogen and oxygen atoms in total. The molecule has 5 rings (SSSR count). The number of hydrogen-bond donors (Lipinski definition) is 1.